The molecule has 364 valence electrons. The van der Waals surface area contributed by atoms with Crippen molar-refractivity contribution in [3.63, 3.8) is 0 Å². The highest BCUT2D eigenvalue weighted by atomic mass is 35.5. The van der Waals surface area contributed by atoms with Gasteiger partial charge in [-0.25, -0.2) is 17.8 Å². The number of ether oxygens (including phenoxy) is 2. The van der Waals surface area contributed by atoms with E-state index in [9.17, 15) is 27.9 Å². The molecule has 0 radical (unpaired) electrons. The predicted octanol–water partition coefficient (Wildman–Crippen LogP) is 12.6. The first-order valence-corrected chi connectivity index (χ1v) is 26.6. The Morgan fingerprint density at radius 1 is 0.750 bits per heavy atom. The van der Waals surface area contributed by atoms with Gasteiger partial charge in [-0.15, -0.1) is 0 Å². The van der Waals surface area contributed by atoms with Gasteiger partial charge in [-0.05, 0) is 66.8 Å². The van der Waals surface area contributed by atoms with Crippen LogP contribution < -0.4 is 25.2 Å². The summed E-state index contributed by atoms with van der Waals surface area (Å²) in [5, 5.41) is 15.1. The van der Waals surface area contributed by atoms with Gasteiger partial charge in [0.25, 0.3) is 27.7 Å². The molecule has 2 aromatic heterocycles. The third kappa shape index (κ3) is 14.0. The molecule has 68 heavy (non-hydrogen) atoms. The average molecular weight is 987 g/mol. The van der Waals surface area contributed by atoms with E-state index in [0.29, 0.717) is 26.6 Å². The number of halogens is 1. The van der Waals surface area contributed by atoms with Crippen LogP contribution in [-0.4, -0.2) is 51.9 Å². The highest BCUT2D eigenvalue weighted by molar-refractivity contribution is 7.92. The Kier molecular flexibility index (Phi) is 19.9. The van der Waals surface area contributed by atoms with Gasteiger partial charge in [0.15, 0.2) is 6.04 Å². The number of carbonyl (C=O) groups is 2. The lowest BCUT2D eigenvalue weighted by atomic mass is 10.0. The molecule has 16 heteroatoms. The molecule has 6 rings (SSSR count). The second-order valence-electron chi connectivity index (χ2n) is 17.0. The highest BCUT2D eigenvalue weighted by Gasteiger charge is 2.39. The molecule has 0 bridgehead atoms. The number of fused-ring (bicyclic) bond motifs is 1. The van der Waals surface area contributed by atoms with Crippen LogP contribution in [0.15, 0.2) is 107 Å². The fraction of sp³-hybridized carbons (Fsp3) is 0.423. The maximum Gasteiger partial charge on any atom is 0.335 e. The summed E-state index contributed by atoms with van der Waals surface area (Å²) >= 11 is 7.35. The number of anilines is 2. The minimum atomic E-state index is -4.30. The number of ketones is 1. The molecule has 1 amide bonds. The maximum atomic E-state index is 14.9. The standard InChI is InChI=1S/C52H64ClN5O8S2/c1-3-5-6-7-8-9-10-11-12-13-14-15-16-17-18-26-35-66-44-34-33-39(68(63,64)56-42-31-24-23-30-41(42)53)36-43(44)54-49(60)47(48(59)46-40-29-22-25-32-45(40)67-55-46)58-50(61)51(65-4-2)57(52(58)62)37-38-27-20-19-21-28-38/h19-25,27-34,36,47,56,61H,3-18,26,35,37H2,1-2H3,(H,54,60). The van der Waals surface area contributed by atoms with Crippen LogP contribution in [0.4, 0.5) is 11.4 Å². The highest BCUT2D eigenvalue weighted by Crippen LogP contribution is 2.35. The summed E-state index contributed by atoms with van der Waals surface area (Å²) in [6, 6.07) is 24.3. The minimum Gasteiger partial charge on any atom is -0.491 e. The van der Waals surface area contributed by atoms with E-state index >= 15 is 0 Å². The molecule has 0 saturated carbocycles. The van der Waals surface area contributed by atoms with Crippen LogP contribution in [0.25, 0.3) is 10.1 Å². The summed E-state index contributed by atoms with van der Waals surface area (Å²) in [7, 11) is -4.30. The number of amides is 1. The van der Waals surface area contributed by atoms with Gasteiger partial charge in [0.05, 0.1) is 45.8 Å². The molecule has 1 unspecified atom stereocenters. The summed E-state index contributed by atoms with van der Waals surface area (Å²) in [5.41, 5.74) is -0.241. The summed E-state index contributed by atoms with van der Waals surface area (Å²) in [6.45, 7) is 4.19. The van der Waals surface area contributed by atoms with Crippen molar-refractivity contribution in [2.45, 2.75) is 134 Å². The third-order valence-electron chi connectivity index (χ3n) is 11.8. The van der Waals surface area contributed by atoms with E-state index in [-0.39, 0.29) is 58.4 Å². The summed E-state index contributed by atoms with van der Waals surface area (Å²) in [4.78, 5) is 43.9. The van der Waals surface area contributed by atoms with Crippen LogP contribution in [0.1, 0.15) is 139 Å². The normalized spacial score (nSPS) is 12.0. The molecule has 0 aliphatic carbocycles. The van der Waals surface area contributed by atoms with Gasteiger partial charge in [-0.2, -0.15) is 4.37 Å². The Morgan fingerprint density at radius 3 is 2.00 bits per heavy atom. The van der Waals surface area contributed by atoms with E-state index < -0.39 is 39.3 Å². The molecule has 0 saturated heterocycles. The molecule has 2 heterocycles. The van der Waals surface area contributed by atoms with Gasteiger partial charge < -0.3 is 19.9 Å². The molecule has 0 fully saturated rings. The molecule has 0 spiro atoms. The van der Waals surface area contributed by atoms with Gasteiger partial charge in [-0.3, -0.25) is 18.9 Å². The first-order valence-electron chi connectivity index (χ1n) is 24.0. The van der Waals surface area contributed by atoms with Crippen molar-refractivity contribution in [1.29, 1.82) is 0 Å². The molecule has 4 aromatic carbocycles. The van der Waals surface area contributed by atoms with E-state index in [1.54, 1.807) is 73.7 Å². The number of hydrogen-bond acceptors (Lipinski definition) is 10. The molecule has 13 nitrogen and oxygen atoms in total. The zero-order valence-corrected chi connectivity index (χ0v) is 41.5. The first-order chi connectivity index (χ1) is 33.0. The van der Waals surface area contributed by atoms with Crippen molar-refractivity contribution in [3.8, 4) is 17.5 Å². The molecule has 6 aromatic rings. The fourth-order valence-corrected chi connectivity index (χ4v) is 10.3. The zero-order valence-electron chi connectivity index (χ0n) is 39.1. The van der Waals surface area contributed by atoms with Crippen LogP contribution >= 0.6 is 23.1 Å². The van der Waals surface area contributed by atoms with Crippen molar-refractivity contribution < 1.29 is 32.6 Å². The second kappa shape index (κ2) is 26.2. The van der Waals surface area contributed by atoms with E-state index in [4.69, 9.17) is 21.1 Å². The van der Waals surface area contributed by atoms with E-state index in [0.717, 1.165) is 35.4 Å². The Morgan fingerprint density at radius 2 is 1.35 bits per heavy atom. The quantitative estimate of drug-likeness (QED) is 0.0226. The van der Waals surface area contributed by atoms with Gasteiger partial charge in [0, 0.05) is 5.39 Å². The number of sulfonamides is 1. The van der Waals surface area contributed by atoms with Gasteiger partial charge in [0.1, 0.15) is 11.4 Å². The smallest absolute Gasteiger partial charge is 0.335 e. The van der Waals surface area contributed by atoms with Crippen molar-refractivity contribution in [1.82, 2.24) is 13.5 Å². The number of nitrogens with zero attached hydrogens (tertiary/aromatic N) is 3. The number of para-hydroxylation sites is 1. The number of hydrogen-bond donors (Lipinski definition) is 3. The van der Waals surface area contributed by atoms with Crippen molar-refractivity contribution in [3.05, 3.63) is 124 Å². The summed E-state index contributed by atoms with van der Waals surface area (Å²) in [6.07, 6.45) is 19.5. The van der Waals surface area contributed by atoms with E-state index in [1.807, 2.05) is 6.07 Å². The number of carbonyl (C=O) groups excluding carboxylic acids is 2. The number of benzene rings is 4. The zero-order chi connectivity index (χ0) is 48.3. The lowest BCUT2D eigenvalue weighted by molar-refractivity contribution is -0.118. The Balaban J connectivity index is 1.22. The topological polar surface area (TPSA) is 171 Å². The number of aromatic nitrogens is 3. The SMILES string of the molecule is CCCCCCCCCCCCCCCCCCOc1ccc(S(=O)(=O)Nc2ccccc2Cl)cc1NC(=O)C(C(=O)c1nsc2ccccc12)n1c(O)c(OCC)n(Cc2ccccc2)c1=O. The number of imidazole rings is 1. The summed E-state index contributed by atoms with van der Waals surface area (Å²) in [5.74, 6) is -2.81. The average Bonchev–Trinajstić information content (AvgIpc) is 3.86. The third-order valence-corrected chi connectivity index (χ3v) is 14.3. The second-order valence-corrected chi connectivity index (χ2v) is 19.9. The molecule has 0 aliphatic rings. The molecular formula is C52H64ClN5O8S2. The number of rotatable bonds is 30. The molecule has 1 atom stereocenters. The van der Waals surface area contributed by atoms with Crippen LogP contribution in [0.2, 0.25) is 5.02 Å². The Bertz CT molecular complexity index is 2740. The van der Waals surface area contributed by atoms with Crippen LogP contribution in [0.5, 0.6) is 17.5 Å². The van der Waals surface area contributed by atoms with Gasteiger partial charge in [-0.1, -0.05) is 176 Å². The predicted molar refractivity (Wildman–Crippen MR) is 272 cm³/mol. The van der Waals surface area contributed by atoms with Crippen molar-refractivity contribution in [2.75, 3.05) is 23.3 Å². The number of aromatic hydroxyl groups is 1. The fourth-order valence-electron chi connectivity index (χ4n) is 8.18. The molecule has 0 aliphatic heterocycles. The minimum absolute atomic E-state index is 0.0482. The van der Waals surface area contributed by atoms with Crippen LogP contribution in [0, 0.1) is 0 Å². The number of nitrogens with one attached hydrogen (secondary N) is 2. The van der Waals surface area contributed by atoms with E-state index in [1.165, 1.54) is 101 Å². The maximum absolute atomic E-state index is 14.9. The summed E-state index contributed by atoms with van der Waals surface area (Å²) < 4.78 is 49.1. The lowest BCUT2D eigenvalue weighted by Gasteiger charge is -2.19. The van der Waals surface area contributed by atoms with Gasteiger partial charge in [0.2, 0.25) is 5.78 Å². The lowest BCUT2D eigenvalue weighted by Crippen LogP contribution is -2.39. The number of Topliss-reactive ketones (excluding diaryl/α,β-unsaturated/α-hetero) is 1. The first kappa shape index (κ1) is 51.7. The van der Waals surface area contributed by atoms with Crippen LogP contribution in [-0.2, 0) is 21.4 Å². The number of unbranched alkanes of at least 4 members (excludes halogenated alkanes) is 15. The Labute approximate surface area is 409 Å². The molecular weight excluding hydrogens is 922 g/mol. The Hall–Kier alpha value is -5.64. The van der Waals surface area contributed by atoms with E-state index in [2.05, 4.69) is 21.3 Å². The molecule has 3 N–H and O–H groups in total. The van der Waals surface area contributed by atoms with Gasteiger partial charge >= 0.3 is 5.69 Å². The van der Waals surface area contributed by atoms with Crippen molar-refractivity contribution in [2.24, 2.45) is 0 Å². The van der Waals surface area contributed by atoms with Crippen LogP contribution in [0.3, 0.4) is 0 Å². The van der Waals surface area contributed by atoms with Crippen molar-refractivity contribution >= 4 is 66.3 Å². The monoisotopic (exact) mass is 985 g/mol. The largest absolute Gasteiger partial charge is 0.491 e.